The number of fused-ring (bicyclic) bond motifs is 5. The number of methoxy groups -OCH3 is 1. The van der Waals surface area contributed by atoms with Gasteiger partial charge in [-0.3, -0.25) is 4.79 Å². The Bertz CT molecular complexity index is 588. The van der Waals surface area contributed by atoms with Crippen molar-refractivity contribution in [3.05, 3.63) is 0 Å². The minimum Gasteiger partial charge on any atom is -0.481 e. The molecule has 28 heavy (non-hydrogen) atoms. The summed E-state index contributed by atoms with van der Waals surface area (Å²) in [6, 6.07) is 0. The maximum absolute atomic E-state index is 11.1. The molecule has 4 rings (SSSR count). The van der Waals surface area contributed by atoms with Gasteiger partial charge in [0.25, 0.3) is 0 Å². The van der Waals surface area contributed by atoms with Gasteiger partial charge in [-0.2, -0.15) is 0 Å². The maximum atomic E-state index is 11.1. The van der Waals surface area contributed by atoms with Crippen LogP contribution in [0.1, 0.15) is 91.4 Å². The smallest absolute Gasteiger partial charge is 0.303 e. The van der Waals surface area contributed by atoms with Gasteiger partial charge in [-0.25, -0.2) is 0 Å². The van der Waals surface area contributed by atoms with E-state index in [9.17, 15) is 4.79 Å². The summed E-state index contributed by atoms with van der Waals surface area (Å²) in [6.45, 7) is 7.51. The van der Waals surface area contributed by atoms with E-state index in [1.165, 1.54) is 57.8 Å². The van der Waals surface area contributed by atoms with Gasteiger partial charge >= 0.3 is 5.97 Å². The van der Waals surface area contributed by atoms with Gasteiger partial charge in [-0.15, -0.1) is 0 Å². The summed E-state index contributed by atoms with van der Waals surface area (Å²) in [4.78, 5) is 11.1. The Kier molecular flexibility index (Phi) is 5.61. The molecule has 9 atom stereocenters. The molecule has 4 aliphatic carbocycles. The van der Waals surface area contributed by atoms with Gasteiger partial charge < -0.3 is 9.84 Å². The molecule has 0 aromatic carbocycles. The number of carboxylic acid groups (broad SMARTS) is 1. The zero-order valence-corrected chi connectivity index (χ0v) is 18.6. The summed E-state index contributed by atoms with van der Waals surface area (Å²) >= 11 is 0. The van der Waals surface area contributed by atoms with Crippen LogP contribution in [0, 0.1) is 46.3 Å². The fourth-order valence-corrected chi connectivity index (χ4v) is 9.01. The lowest BCUT2D eigenvalue weighted by Crippen LogP contribution is -2.58. The summed E-state index contributed by atoms with van der Waals surface area (Å²) in [5.41, 5.74) is 0.917. The van der Waals surface area contributed by atoms with E-state index in [0.717, 1.165) is 30.1 Å². The Balaban J connectivity index is 1.58. The maximum Gasteiger partial charge on any atom is 0.303 e. The average molecular weight is 391 g/mol. The van der Waals surface area contributed by atoms with E-state index in [1.807, 2.05) is 7.11 Å². The van der Waals surface area contributed by atoms with E-state index < -0.39 is 5.97 Å². The van der Waals surface area contributed by atoms with Crippen LogP contribution in [0.2, 0.25) is 0 Å². The SMILES string of the molecule is CO[C@H]1C[C@@H]2CCCC[C@]2(C)[C@H]2CC[C@]3(C)[C@@H]([C@H](C)CCC(=O)O)CC[C@H]3[C@H]12. The molecule has 0 aliphatic heterocycles. The molecule has 0 bridgehead atoms. The molecule has 0 aromatic heterocycles. The summed E-state index contributed by atoms with van der Waals surface area (Å²) < 4.78 is 6.20. The lowest BCUT2D eigenvalue weighted by molar-refractivity contribution is -0.173. The highest BCUT2D eigenvalue weighted by atomic mass is 16.5. The third-order valence-electron chi connectivity index (χ3n) is 10.5. The molecule has 0 spiro atoms. The lowest BCUT2D eigenvalue weighted by atomic mass is 9.44. The van der Waals surface area contributed by atoms with Crippen LogP contribution in [0.5, 0.6) is 0 Å². The third kappa shape index (κ3) is 3.15. The first-order valence-electron chi connectivity index (χ1n) is 12.1. The average Bonchev–Trinajstić information content (AvgIpc) is 3.02. The van der Waals surface area contributed by atoms with Gasteiger partial charge in [0.15, 0.2) is 0 Å². The van der Waals surface area contributed by atoms with Gasteiger partial charge in [0.1, 0.15) is 0 Å². The molecule has 4 fully saturated rings. The van der Waals surface area contributed by atoms with Crippen LogP contribution in [0.15, 0.2) is 0 Å². The number of carboxylic acids is 1. The molecular formula is C25H42O3. The predicted molar refractivity (Wildman–Crippen MR) is 112 cm³/mol. The Morgan fingerprint density at radius 3 is 2.54 bits per heavy atom. The minimum atomic E-state index is -0.641. The fourth-order valence-electron chi connectivity index (χ4n) is 9.01. The van der Waals surface area contributed by atoms with Crippen molar-refractivity contribution in [2.24, 2.45) is 46.3 Å². The lowest BCUT2D eigenvalue weighted by Gasteiger charge is -2.62. The van der Waals surface area contributed by atoms with Crippen molar-refractivity contribution >= 4 is 5.97 Å². The van der Waals surface area contributed by atoms with Crippen molar-refractivity contribution in [2.75, 3.05) is 7.11 Å². The summed E-state index contributed by atoms with van der Waals surface area (Å²) in [7, 11) is 1.96. The second kappa shape index (κ2) is 7.60. The summed E-state index contributed by atoms with van der Waals surface area (Å²) in [6.07, 6.45) is 13.9. The van der Waals surface area contributed by atoms with Gasteiger partial charge in [0, 0.05) is 13.5 Å². The van der Waals surface area contributed by atoms with E-state index in [4.69, 9.17) is 9.84 Å². The molecule has 0 radical (unpaired) electrons. The van der Waals surface area contributed by atoms with Crippen molar-refractivity contribution < 1.29 is 14.6 Å². The van der Waals surface area contributed by atoms with E-state index in [2.05, 4.69) is 20.8 Å². The Morgan fingerprint density at radius 1 is 1.07 bits per heavy atom. The zero-order chi connectivity index (χ0) is 20.1. The topological polar surface area (TPSA) is 46.5 Å². The van der Waals surface area contributed by atoms with E-state index in [-0.39, 0.29) is 0 Å². The van der Waals surface area contributed by atoms with Gasteiger partial charge in [0.05, 0.1) is 6.10 Å². The van der Waals surface area contributed by atoms with Crippen LogP contribution in [0.4, 0.5) is 0 Å². The zero-order valence-electron chi connectivity index (χ0n) is 18.6. The number of hydrogen-bond acceptors (Lipinski definition) is 2. The van der Waals surface area contributed by atoms with Crippen LogP contribution in [0.3, 0.4) is 0 Å². The standard InChI is InChI=1S/C25H42O3/c1-16(8-11-22(26)27)18-9-10-19-23-20(12-14-25(18,19)3)24(2)13-6-5-7-17(24)15-21(23)28-4/h16-21,23H,5-15H2,1-4H3,(H,26,27)/t16-,17+,18-,19+,20+,21+,23+,24+,25-/m1/s1. The molecular weight excluding hydrogens is 348 g/mol. The molecule has 0 amide bonds. The van der Waals surface area contributed by atoms with Crippen LogP contribution in [-0.4, -0.2) is 24.3 Å². The van der Waals surface area contributed by atoms with Gasteiger partial charge in [-0.05, 0) is 97.7 Å². The van der Waals surface area contributed by atoms with Crippen molar-refractivity contribution in [1.82, 2.24) is 0 Å². The highest BCUT2D eigenvalue weighted by Crippen LogP contribution is 2.68. The molecule has 1 N–H and O–H groups in total. The molecule has 3 heteroatoms. The second-order valence-corrected chi connectivity index (χ2v) is 11.4. The first kappa shape index (κ1) is 20.7. The highest BCUT2D eigenvalue weighted by molar-refractivity contribution is 5.66. The molecule has 0 unspecified atom stereocenters. The first-order valence-corrected chi connectivity index (χ1v) is 12.1. The van der Waals surface area contributed by atoms with E-state index in [1.54, 1.807) is 0 Å². The summed E-state index contributed by atoms with van der Waals surface area (Å²) in [5.74, 6) is 3.76. The molecule has 4 aliphatic rings. The Hall–Kier alpha value is -0.570. The van der Waals surface area contributed by atoms with Gasteiger partial charge in [0.2, 0.25) is 0 Å². The second-order valence-electron chi connectivity index (χ2n) is 11.4. The molecule has 0 heterocycles. The van der Waals surface area contributed by atoms with Crippen LogP contribution in [-0.2, 0) is 9.53 Å². The Morgan fingerprint density at radius 2 is 1.82 bits per heavy atom. The number of carbonyl (C=O) groups is 1. The molecule has 160 valence electrons. The normalized spacial score (nSPS) is 49.0. The quantitative estimate of drug-likeness (QED) is 0.611. The highest BCUT2D eigenvalue weighted by Gasteiger charge is 2.62. The predicted octanol–water partition coefficient (Wildman–Crippen LogP) is 6.16. The summed E-state index contributed by atoms with van der Waals surface area (Å²) in [5, 5.41) is 9.14. The van der Waals surface area contributed by atoms with Crippen LogP contribution >= 0.6 is 0 Å². The fraction of sp³-hybridized carbons (Fsp3) is 0.960. The monoisotopic (exact) mass is 390 g/mol. The van der Waals surface area contributed by atoms with Crippen LogP contribution in [0.25, 0.3) is 0 Å². The first-order chi connectivity index (χ1) is 13.3. The molecule has 0 saturated heterocycles. The minimum absolute atomic E-state index is 0.324. The number of hydrogen-bond donors (Lipinski definition) is 1. The molecule has 4 saturated carbocycles. The van der Waals surface area contributed by atoms with E-state index in [0.29, 0.717) is 35.2 Å². The number of rotatable bonds is 5. The number of ether oxygens (including phenoxy) is 1. The van der Waals surface area contributed by atoms with E-state index >= 15 is 0 Å². The Labute approximate surface area is 172 Å². The van der Waals surface area contributed by atoms with Crippen molar-refractivity contribution in [3.63, 3.8) is 0 Å². The van der Waals surface area contributed by atoms with Crippen molar-refractivity contribution in [2.45, 2.75) is 97.5 Å². The molecule has 0 aromatic rings. The third-order valence-corrected chi connectivity index (χ3v) is 10.5. The molecule has 3 nitrogen and oxygen atoms in total. The number of aliphatic carboxylic acids is 1. The largest absolute Gasteiger partial charge is 0.481 e. The van der Waals surface area contributed by atoms with Gasteiger partial charge in [-0.1, -0.05) is 33.6 Å². The van der Waals surface area contributed by atoms with Crippen LogP contribution < -0.4 is 0 Å². The van der Waals surface area contributed by atoms with Crippen molar-refractivity contribution in [3.8, 4) is 0 Å². The van der Waals surface area contributed by atoms with Crippen molar-refractivity contribution in [1.29, 1.82) is 0 Å².